The first-order valence-electron chi connectivity index (χ1n) is 42.7. The summed E-state index contributed by atoms with van der Waals surface area (Å²) in [6, 6.07) is 138. The Morgan fingerprint density at radius 2 is 0.637 bits per heavy atom. The molecule has 1 aliphatic carbocycles. The third kappa shape index (κ3) is 9.15. The van der Waals surface area contributed by atoms with Gasteiger partial charge in [-0.3, -0.25) is 9.13 Å². The van der Waals surface area contributed by atoms with Crippen LogP contribution >= 0.6 is 0 Å². The Balaban J connectivity index is 0.645. The van der Waals surface area contributed by atoms with E-state index in [1.807, 2.05) is 12.1 Å². The highest BCUT2D eigenvalue weighted by molar-refractivity contribution is 6.39. The third-order valence-electron chi connectivity index (χ3n) is 27.5. The molecule has 0 saturated carbocycles. The fourth-order valence-electron chi connectivity index (χ4n) is 22.1. The molecule has 0 atom stereocenters. The lowest BCUT2D eigenvalue weighted by molar-refractivity contribution is 0.657. The molecular weight excluding hydrogens is 1510 g/mol. The van der Waals surface area contributed by atoms with E-state index in [1.54, 1.807) is 0 Å². The van der Waals surface area contributed by atoms with E-state index in [9.17, 15) is 0 Å². The van der Waals surface area contributed by atoms with Gasteiger partial charge in [0.2, 0.25) is 11.9 Å². The van der Waals surface area contributed by atoms with Crippen molar-refractivity contribution in [3.8, 4) is 68.2 Å². The monoisotopic (exact) mass is 1580 g/mol. The van der Waals surface area contributed by atoms with Gasteiger partial charge in [0, 0.05) is 109 Å². The molecule has 0 spiro atoms. The molecule has 574 valence electrons. The predicted molar refractivity (Wildman–Crippen MR) is 516 cm³/mol. The predicted octanol–water partition coefficient (Wildman–Crippen LogP) is 30.1. The maximum absolute atomic E-state index is 6.94. The van der Waals surface area contributed by atoms with Crippen LogP contribution in [0.5, 0.6) is 0 Å². The Morgan fingerprint density at radius 1 is 0.242 bits per heavy atom. The number of nitrogens with zero attached hydrogens (tertiary/aromatic N) is 8. The van der Waals surface area contributed by atoms with Crippen molar-refractivity contribution in [1.29, 1.82) is 0 Å². The zero-order valence-corrected chi connectivity index (χ0v) is 67.3. The number of furan rings is 1. The molecule has 0 N–H and O–H groups in total. The summed E-state index contributed by atoms with van der Waals surface area (Å²) in [4.78, 5) is 23.5. The Labute approximate surface area is 708 Å². The summed E-state index contributed by atoms with van der Waals surface area (Å²) in [7, 11) is 0. The van der Waals surface area contributed by atoms with Crippen molar-refractivity contribution in [2.45, 2.75) is 19.3 Å². The summed E-state index contributed by atoms with van der Waals surface area (Å²) in [5, 5.41) is 29.1. The van der Waals surface area contributed by atoms with E-state index in [0.717, 1.165) is 187 Å². The number of benzene rings is 20. The normalized spacial score (nSPS) is 13.0. The van der Waals surface area contributed by atoms with E-state index < -0.39 is 5.41 Å². The van der Waals surface area contributed by atoms with Crippen LogP contribution in [-0.2, 0) is 5.41 Å². The van der Waals surface area contributed by atoms with Crippen LogP contribution in [0, 0.1) is 0 Å². The number of aromatic nitrogens is 8. The Morgan fingerprint density at radius 3 is 1.26 bits per heavy atom. The molecule has 9 nitrogen and oxygen atoms in total. The van der Waals surface area contributed by atoms with Gasteiger partial charge in [0.1, 0.15) is 16.8 Å². The van der Waals surface area contributed by atoms with E-state index in [4.69, 9.17) is 24.4 Å². The molecule has 0 unspecified atom stereocenters. The Kier molecular flexibility index (Phi) is 13.6. The summed E-state index contributed by atoms with van der Waals surface area (Å²) in [5.74, 6) is 1.20. The van der Waals surface area contributed by atoms with Crippen molar-refractivity contribution in [2.24, 2.45) is 0 Å². The fraction of sp³-hybridized carbons (Fsp3) is 0.0261. The minimum absolute atomic E-state index is 0.444. The first kappa shape index (κ1) is 67.5. The Bertz CT molecular complexity index is 9450. The van der Waals surface area contributed by atoms with Gasteiger partial charge in [-0.2, -0.15) is 0 Å². The highest BCUT2D eigenvalue weighted by Gasteiger charge is 2.41. The molecule has 0 radical (unpaired) electrons. The molecule has 0 fully saturated rings. The van der Waals surface area contributed by atoms with E-state index in [1.165, 1.54) is 70.2 Å². The lowest BCUT2D eigenvalue weighted by Gasteiger charge is -2.24. The molecular formula is C115H68N8O. The average Bonchev–Trinajstić information content (AvgIpc) is 1.41. The second-order valence-electron chi connectivity index (χ2n) is 34.2. The van der Waals surface area contributed by atoms with Gasteiger partial charge >= 0.3 is 0 Å². The summed E-state index contributed by atoms with van der Waals surface area (Å²) < 4.78 is 16.5. The van der Waals surface area contributed by atoms with Crippen molar-refractivity contribution in [1.82, 2.24) is 38.2 Å². The molecule has 7 heterocycles. The van der Waals surface area contributed by atoms with Gasteiger partial charge in [-0.05, 0) is 172 Å². The highest BCUT2D eigenvalue weighted by atomic mass is 16.3. The zero-order valence-electron chi connectivity index (χ0n) is 67.3. The van der Waals surface area contributed by atoms with Crippen LogP contribution in [-0.4, -0.2) is 38.2 Å². The van der Waals surface area contributed by atoms with Gasteiger partial charge in [-0.25, -0.2) is 19.9 Å². The molecule has 20 aromatic carbocycles. The molecule has 1 aliphatic rings. The standard InChI is InChI=1S/C115H68N8O/c1-115(2)93-42-22-19-40-86(93)108-105(115)106(116-113(118-108)122-97-59-55-83-77-35-14-13-33-75(77)76-34-17-18-39-82(76)101(83)103(97)88-53-45-65-25-9-11-31-73(65)110(88)122)69-49-57-96-92(62-69)81-51-47-68(64-99(81)121(96)72-29-7-4-8-30-72)67-48-52-85-90(61-67)79-37-16-15-36-78(79)84-56-60-98-104(102(84)85)89-54-46-66-26-10-12-32-74(66)111(89)123(98)114-117-107(112-109(119-114)87-41-21-24-44-100(87)124-112)70-50-58-95-91(63-70)80-38-20-23-43-94(80)120(95)71-27-5-3-6-28-71/h3-64H,1-2H3. The summed E-state index contributed by atoms with van der Waals surface area (Å²) in [6.07, 6.45) is 0. The minimum Gasteiger partial charge on any atom is -0.452 e. The third-order valence-corrected chi connectivity index (χ3v) is 27.5. The summed E-state index contributed by atoms with van der Waals surface area (Å²) in [5.41, 5.74) is 22.8. The number of hydrogen-bond donors (Lipinski definition) is 0. The SMILES string of the molecule is CC1(C)c2ccccc2-c2nc(-n3c4ccc5c6ccccc6c6ccccc6c5c4c4ccc5ccccc5c43)nc(-c3ccc4c(c3)c3ccc(-c5ccc6c(c5)c5ccccc5c5ccc7c(c8ccc9ccccc9c8n7-c7nc(-c8ccc9c(c8)c8ccccc8n9-c8ccccc8)c8oc9ccccc9c8n7)c56)cc3n4-c3ccccc3)c21. The lowest BCUT2D eigenvalue weighted by Crippen LogP contribution is -2.18. The van der Waals surface area contributed by atoms with E-state index in [2.05, 4.69) is 396 Å². The zero-order chi connectivity index (χ0) is 81.1. The molecule has 9 heteroatoms. The number of fused-ring (bicyclic) bond motifs is 36. The van der Waals surface area contributed by atoms with E-state index >= 15 is 0 Å². The quantitative estimate of drug-likeness (QED) is 0.148. The first-order valence-corrected chi connectivity index (χ1v) is 42.7. The van der Waals surface area contributed by atoms with Crippen molar-refractivity contribution in [3.05, 3.63) is 387 Å². The second-order valence-corrected chi connectivity index (χ2v) is 34.2. The second kappa shape index (κ2) is 24.9. The van der Waals surface area contributed by atoms with Crippen molar-refractivity contribution in [2.75, 3.05) is 0 Å². The molecule has 28 rings (SSSR count). The number of hydrogen-bond acceptors (Lipinski definition) is 5. The van der Waals surface area contributed by atoms with Crippen LogP contribution < -0.4 is 0 Å². The van der Waals surface area contributed by atoms with Crippen molar-refractivity contribution >= 4 is 195 Å². The van der Waals surface area contributed by atoms with Gasteiger partial charge in [0.05, 0.1) is 55.5 Å². The molecule has 124 heavy (non-hydrogen) atoms. The molecule has 0 amide bonds. The van der Waals surface area contributed by atoms with Crippen LogP contribution in [0.2, 0.25) is 0 Å². The molecule has 0 bridgehead atoms. The number of rotatable bonds is 7. The van der Waals surface area contributed by atoms with E-state index in [0.29, 0.717) is 17.5 Å². The van der Waals surface area contributed by atoms with E-state index in [-0.39, 0.29) is 0 Å². The smallest absolute Gasteiger partial charge is 0.236 e. The van der Waals surface area contributed by atoms with Crippen molar-refractivity contribution < 1.29 is 4.42 Å². The average molecular weight is 1580 g/mol. The fourth-order valence-corrected chi connectivity index (χ4v) is 22.1. The molecule has 27 aromatic rings. The van der Waals surface area contributed by atoms with Crippen LogP contribution in [0.1, 0.15) is 25.0 Å². The molecule has 0 saturated heterocycles. The van der Waals surface area contributed by atoms with Crippen LogP contribution in [0.25, 0.3) is 264 Å². The first-order chi connectivity index (χ1) is 61.3. The minimum atomic E-state index is -0.444. The Hall–Kier alpha value is -16.4. The van der Waals surface area contributed by atoms with Gasteiger partial charge in [0.15, 0.2) is 5.58 Å². The van der Waals surface area contributed by atoms with Crippen LogP contribution in [0.4, 0.5) is 0 Å². The van der Waals surface area contributed by atoms with Gasteiger partial charge in [0.25, 0.3) is 0 Å². The maximum atomic E-state index is 6.94. The molecule has 0 aliphatic heterocycles. The topological polar surface area (TPSA) is 84.4 Å². The van der Waals surface area contributed by atoms with Gasteiger partial charge in [-0.15, -0.1) is 0 Å². The maximum Gasteiger partial charge on any atom is 0.236 e. The van der Waals surface area contributed by atoms with Crippen LogP contribution in [0.3, 0.4) is 0 Å². The molecule has 7 aromatic heterocycles. The van der Waals surface area contributed by atoms with Gasteiger partial charge in [-0.1, -0.05) is 299 Å². The van der Waals surface area contributed by atoms with Crippen LogP contribution in [0.15, 0.2) is 381 Å². The summed E-state index contributed by atoms with van der Waals surface area (Å²) >= 11 is 0. The largest absolute Gasteiger partial charge is 0.452 e. The van der Waals surface area contributed by atoms with Gasteiger partial charge < -0.3 is 13.6 Å². The van der Waals surface area contributed by atoms with Crippen molar-refractivity contribution in [3.63, 3.8) is 0 Å². The lowest BCUT2D eigenvalue weighted by atomic mass is 9.81. The highest BCUT2D eigenvalue weighted by Crippen LogP contribution is 2.55. The number of para-hydroxylation sites is 4. The summed E-state index contributed by atoms with van der Waals surface area (Å²) in [6.45, 7) is 4.70.